The summed E-state index contributed by atoms with van der Waals surface area (Å²) in [4.78, 5) is 37.3. The van der Waals surface area contributed by atoms with Gasteiger partial charge < -0.3 is 29.6 Å². The Labute approximate surface area is 261 Å². The maximum absolute atomic E-state index is 12.6. The number of methoxy groups -OCH3 is 1. The Hall–Kier alpha value is -5.58. The highest BCUT2D eigenvalue weighted by Crippen LogP contribution is 2.34. The van der Waals surface area contributed by atoms with Crippen LogP contribution in [-0.2, 0) is 27.4 Å². The molecule has 0 saturated carbocycles. The number of hydrazone groups is 1. The second-order valence-corrected chi connectivity index (χ2v) is 9.92. The smallest absolute Gasteiger partial charge is 0.338 e. The quantitative estimate of drug-likeness (QED) is 0.104. The molecule has 0 aromatic heterocycles. The van der Waals surface area contributed by atoms with Crippen LogP contribution in [0.25, 0.3) is 0 Å². The minimum absolute atomic E-state index is 0.186. The Morgan fingerprint density at radius 3 is 2.53 bits per heavy atom. The standard InChI is InChI=1S/C34H36N4O7/c1-5-10-25-17-24(13-15-27(25)44-20-23-11-8-7-9-12-23)19-35-38-30(39)21-45-28-16-14-26(18-29(28)42-4)32-31(33(40)43-6-2)22(3)36-34(41)37-32/h5,7-9,11-19,32H,1,6,10,20-21H2,2-4H3,(H,38,39)(H2,36,37,41)/b35-19-/t32-/m1/s1. The molecule has 0 radical (unpaired) electrons. The van der Waals surface area contributed by atoms with Gasteiger partial charge in [0.2, 0.25) is 0 Å². The van der Waals surface area contributed by atoms with E-state index in [1.807, 2.05) is 48.5 Å². The fraction of sp³-hybridized carbons (Fsp3) is 0.235. The maximum atomic E-state index is 12.6. The zero-order valence-corrected chi connectivity index (χ0v) is 25.4. The molecule has 0 fully saturated rings. The molecular formula is C34H36N4O7. The zero-order valence-electron chi connectivity index (χ0n) is 25.4. The van der Waals surface area contributed by atoms with Crippen LogP contribution in [0, 0.1) is 0 Å². The number of ether oxygens (including phenoxy) is 4. The van der Waals surface area contributed by atoms with E-state index < -0.39 is 23.9 Å². The van der Waals surface area contributed by atoms with Crippen molar-refractivity contribution in [1.29, 1.82) is 0 Å². The molecule has 1 heterocycles. The predicted octanol–water partition coefficient (Wildman–Crippen LogP) is 4.72. The molecule has 3 amide bonds. The highest BCUT2D eigenvalue weighted by Gasteiger charge is 2.32. The molecule has 0 bridgehead atoms. The Morgan fingerprint density at radius 2 is 1.80 bits per heavy atom. The summed E-state index contributed by atoms with van der Waals surface area (Å²) in [5.74, 6) is 0.314. The van der Waals surface area contributed by atoms with E-state index in [0.29, 0.717) is 35.8 Å². The van der Waals surface area contributed by atoms with Crippen molar-refractivity contribution in [2.24, 2.45) is 5.10 Å². The Balaban J connectivity index is 1.36. The number of carbonyl (C=O) groups excluding carboxylic acids is 3. The van der Waals surface area contributed by atoms with E-state index in [2.05, 4.69) is 27.7 Å². The van der Waals surface area contributed by atoms with Crippen molar-refractivity contribution < 1.29 is 33.3 Å². The first kappa shape index (κ1) is 32.3. The largest absolute Gasteiger partial charge is 0.493 e. The average Bonchev–Trinajstić information content (AvgIpc) is 3.03. The maximum Gasteiger partial charge on any atom is 0.338 e. The first-order valence-electron chi connectivity index (χ1n) is 14.3. The van der Waals surface area contributed by atoms with Crippen LogP contribution in [0.2, 0.25) is 0 Å². The van der Waals surface area contributed by atoms with Crippen molar-refractivity contribution in [3.05, 3.63) is 113 Å². The van der Waals surface area contributed by atoms with Crippen LogP contribution in [0.15, 0.2) is 95.8 Å². The lowest BCUT2D eigenvalue weighted by molar-refractivity contribution is -0.139. The summed E-state index contributed by atoms with van der Waals surface area (Å²) in [6.07, 6.45) is 3.94. The minimum Gasteiger partial charge on any atom is -0.493 e. The van der Waals surface area contributed by atoms with Crippen molar-refractivity contribution in [3.8, 4) is 17.2 Å². The van der Waals surface area contributed by atoms with E-state index in [-0.39, 0.29) is 18.8 Å². The average molecular weight is 613 g/mol. The normalized spacial score (nSPS) is 14.3. The van der Waals surface area contributed by atoms with Crippen LogP contribution < -0.4 is 30.3 Å². The number of urea groups is 1. The summed E-state index contributed by atoms with van der Waals surface area (Å²) in [5.41, 5.74) is 6.47. The van der Waals surface area contributed by atoms with Crippen molar-refractivity contribution in [2.75, 3.05) is 20.3 Å². The summed E-state index contributed by atoms with van der Waals surface area (Å²) >= 11 is 0. The topological polar surface area (TPSA) is 137 Å². The third-order valence-corrected chi connectivity index (χ3v) is 6.73. The van der Waals surface area contributed by atoms with E-state index in [4.69, 9.17) is 18.9 Å². The monoisotopic (exact) mass is 612 g/mol. The van der Waals surface area contributed by atoms with Crippen LogP contribution in [0.5, 0.6) is 17.2 Å². The zero-order chi connectivity index (χ0) is 32.2. The summed E-state index contributed by atoms with van der Waals surface area (Å²) in [5, 5.41) is 9.39. The fourth-order valence-corrected chi connectivity index (χ4v) is 4.63. The molecule has 11 nitrogen and oxygen atoms in total. The van der Waals surface area contributed by atoms with E-state index in [1.165, 1.54) is 13.3 Å². The van der Waals surface area contributed by atoms with E-state index in [0.717, 1.165) is 22.4 Å². The molecule has 11 heteroatoms. The summed E-state index contributed by atoms with van der Waals surface area (Å²) in [6, 6.07) is 19.2. The van der Waals surface area contributed by atoms with Crippen LogP contribution in [-0.4, -0.2) is 44.4 Å². The van der Waals surface area contributed by atoms with Gasteiger partial charge in [-0.2, -0.15) is 5.10 Å². The molecule has 1 aliphatic rings. The van der Waals surface area contributed by atoms with Crippen molar-refractivity contribution in [3.63, 3.8) is 0 Å². The SMILES string of the molecule is C=CCc1cc(/C=N\NC(=O)COc2ccc([C@H]3NC(=O)NC(C)=C3C(=O)OCC)cc2OC)ccc1OCc1ccccc1. The van der Waals surface area contributed by atoms with Gasteiger partial charge in [0.25, 0.3) is 5.91 Å². The Kier molecular flexibility index (Phi) is 11.3. The molecule has 0 aliphatic carbocycles. The van der Waals surface area contributed by atoms with Gasteiger partial charge in [-0.25, -0.2) is 15.0 Å². The molecule has 0 saturated heterocycles. The molecule has 0 spiro atoms. The van der Waals surface area contributed by atoms with Crippen molar-refractivity contribution >= 4 is 24.1 Å². The number of hydrogen-bond acceptors (Lipinski definition) is 8. The molecule has 0 unspecified atom stereocenters. The molecule has 45 heavy (non-hydrogen) atoms. The molecule has 4 rings (SSSR count). The van der Waals surface area contributed by atoms with Gasteiger partial charge in [-0.05, 0) is 72.9 Å². The molecule has 1 atom stereocenters. The number of amides is 3. The van der Waals surface area contributed by atoms with Crippen LogP contribution >= 0.6 is 0 Å². The number of rotatable bonds is 14. The van der Waals surface area contributed by atoms with Gasteiger partial charge in [-0.15, -0.1) is 6.58 Å². The van der Waals surface area contributed by atoms with Gasteiger partial charge >= 0.3 is 12.0 Å². The number of allylic oxidation sites excluding steroid dienone is 2. The first-order valence-corrected chi connectivity index (χ1v) is 14.3. The number of hydrogen-bond donors (Lipinski definition) is 3. The number of carbonyl (C=O) groups is 3. The first-order chi connectivity index (χ1) is 21.8. The lowest BCUT2D eigenvalue weighted by atomic mass is 9.95. The lowest BCUT2D eigenvalue weighted by Crippen LogP contribution is -2.45. The van der Waals surface area contributed by atoms with E-state index >= 15 is 0 Å². The molecule has 3 N–H and O–H groups in total. The van der Waals surface area contributed by atoms with Crippen LogP contribution in [0.3, 0.4) is 0 Å². The number of benzene rings is 3. The van der Waals surface area contributed by atoms with Gasteiger partial charge in [-0.3, -0.25) is 4.79 Å². The molecule has 3 aromatic carbocycles. The van der Waals surface area contributed by atoms with Gasteiger partial charge in [0.15, 0.2) is 18.1 Å². The van der Waals surface area contributed by atoms with E-state index in [1.54, 1.807) is 38.1 Å². The fourth-order valence-electron chi connectivity index (χ4n) is 4.63. The van der Waals surface area contributed by atoms with Gasteiger partial charge in [0, 0.05) is 5.70 Å². The summed E-state index contributed by atoms with van der Waals surface area (Å²) in [7, 11) is 1.45. The van der Waals surface area contributed by atoms with Gasteiger partial charge in [0.1, 0.15) is 12.4 Å². The number of nitrogens with zero attached hydrogens (tertiary/aromatic N) is 1. The van der Waals surface area contributed by atoms with Crippen molar-refractivity contribution in [1.82, 2.24) is 16.1 Å². The van der Waals surface area contributed by atoms with Gasteiger partial charge in [0.05, 0.1) is 31.5 Å². The van der Waals surface area contributed by atoms with E-state index in [9.17, 15) is 14.4 Å². The lowest BCUT2D eigenvalue weighted by Gasteiger charge is -2.28. The number of nitrogens with one attached hydrogen (secondary N) is 3. The van der Waals surface area contributed by atoms with Crippen molar-refractivity contribution in [2.45, 2.75) is 32.9 Å². The molecular weight excluding hydrogens is 576 g/mol. The number of esters is 1. The Morgan fingerprint density at radius 1 is 1.02 bits per heavy atom. The molecule has 1 aliphatic heterocycles. The summed E-state index contributed by atoms with van der Waals surface area (Å²) < 4.78 is 22.3. The van der Waals surface area contributed by atoms with Gasteiger partial charge in [-0.1, -0.05) is 42.5 Å². The summed E-state index contributed by atoms with van der Waals surface area (Å²) in [6.45, 7) is 7.46. The highest BCUT2D eigenvalue weighted by molar-refractivity contribution is 5.95. The molecule has 234 valence electrons. The Bertz CT molecular complexity index is 1600. The second-order valence-electron chi connectivity index (χ2n) is 9.92. The van der Waals surface area contributed by atoms with Crippen LogP contribution in [0.4, 0.5) is 4.79 Å². The highest BCUT2D eigenvalue weighted by atomic mass is 16.5. The third kappa shape index (κ3) is 8.73. The predicted molar refractivity (Wildman–Crippen MR) is 169 cm³/mol. The second kappa shape index (κ2) is 15.8. The molecule has 3 aromatic rings. The minimum atomic E-state index is -0.769. The van der Waals surface area contributed by atoms with Crippen LogP contribution in [0.1, 0.15) is 42.1 Å². The third-order valence-electron chi connectivity index (χ3n) is 6.73.